The van der Waals surface area contributed by atoms with Crippen molar-refractivity contribution in [1.82, 2.24) is 14.7 Å². The molecule has 0 aliphatic carbocycles. The van der Waals surface area contributed by atoms with Gasteiger partial charge in [-0.2, -0.15) is 5.10 Å². The molecule has 2 heterocycles. The molecule has 1 fully saturated rings. The third-order valence-corrected chi connectivity index (χ3v) is 4.51. The number of hydrogen-bond acceptors (Lipinski definition) is 4. The van der Waals surface area contributed by atoms with Gasteiger partial charge in [0.05, 0.1) is 11.9 Å². The average molecular weight is 313 g/mol. The molecule has 0 amide bonds. The van der Waals surface area contributed by atoms with E-state index >= 15 is 0 Å². The maximum atomic E-state index is 12.1. The molecule has 118 valence electrons. The fraction of sp³-hybridized carbons (Fsp3) is 0.733. The minimum Gasteiger partial charge on any atom is -0.381 e. The van der Waals surface area contributed by atoms with Crippen molar-refractivity contribution in [2.24, 2.45) is 0 Å². The van der Waals surface area contributed by atoms with Crippen LogP contribution in [0.1, 0.15) is 39.5 Å². The molecule has 1 atom stereocenters. The van der Waals surface area contributed by atoms with Crippen LogP contribution < -0.4 is 10.9 Å². The van der Waals surface area contributed by atoms with Crippen molar-refractivity contribution in [3.63, 3.8) is 0 Å². The summed E-state index contributed by atoms with van der Waals surface area (Å²) in [5.41, 5.74) is 0.450. The van der Waals surface area contributed by atoms with Crippen LogP contribution in [0.4, 0.5) is 5.69 Å². The zero-order valence-electron chi connectivity index (χ0n) is 12.9. The van der Waals surface area contributed by atoms with Crippen molar-refractivity contribution < 1.29 is 0 Å². The quantitative estimate of drug-likeness (QED) is 0.841. The van der Waals surface area contributed by atoms with Gasteiger partial charge in [-0.1, -0.05) is 31.9 Å². The average Bonchev–Trinajstić information content (AvgIpc) is 2.95. The number of aryl methyl sites for hydroxylation is 1. The highest BCUT2D eigenvalue weighted by atomic mass is 35.5. The number of likely N-dealkylation sites (tertiary alicyclic amines) is 1. The van der Waals surface area contributed by atoms with Gasteiger partial charge in [0.1, 0.15) is 5.02 Å². The molecule has 0 aromatic carbocycles. The first-order valence-electron chi connectivity index (χ1n) is 7.90. The van der Waals surface area contributed by atoms with Crippen molar-refractivity contribution in [2.45, 2.75) is 52.1 Å². The fourth-order valence-corrected chi connectivity index (χ4v) is 3.04. The second kappa shape index (κ2) is 7.80. The molecule has 2 rings (SSSR count). The molecule has 1 saturated heterocycles. The van der Waals surface area contributed by atoms with E-state index in [0.717, 1.165) is 32.5 Å². The number of anilines is 1. The third-order valence-electron chi connectivity index (χ3n) is 4.14. The van der Waals surface area contributed by atoms with Gasteiger partial charge in [-0.05, 0) is 32.4 Å². The number of rotatable bonds is 7. The van der Waals surface area contributed by atoms with E-state index < -0.39 is 0 Å². The largest absolute Gasteiger partial charge is 0.381 e. The Hall–Kier alpha value is -1.07. The van der Waals surface area contributed by atoms with E-state index in [-0.39, 0.29) is 10.6 Å². The number of hydrogen-bond donors (Lipinski definition) is 1. The van der Waals surface area contributed by atoms with Crippen LogP contribution in [0.2, 0.25) is 5.02 Å². The summed E-state index contributed by atoms with van der Waals surface area (Å²) >= 11 is 6.18. The monoisotopic (exact) mass is 312 g/mol. The summed E-state index contributed by atoms with van der Waals surface area (Å²) in [6.45, 7) is 7.94. The predicted molar refractivity (Wildman–Crippen MR) is 87.2 cm³/mol. The van der Waals surface area contributed by atoms with Crippen LogP contribution in [0.25, 0.3) is 0 Å². The summed E-state index contributed by atoms with van der Waals surface area (Å²) in [5.74, 6) is 0. The van der Waals surface area contributed by atoms with Gasteiger partial charge in [0.25, 0.3) is 5.56 Å². The van der Waals surface area contributed by atoms with Gasteiger partial charge in [-0.25, -0.2) is 4.68 Å². The Labute approximate surface area is 131 Å². The standard InChI is InChI=1S/C15H25ClN4O/c1-3-5-9-20-15(21)14(16)13(11-18-20)17-10-12-7-6-8-19(12)4-2/h11-12,17H,3-10H2,1-2H3. The van der Waals surface area contributed by atoms with Crippen LogP contribution in [0, 0.1) is 0 Å². The summed E-state index contributed by atoms with van der Waals surface area (Å²) in [5, 5.41) is 7.75. The van der Waals surface area contributed by atoms with Crippen LogP contribution in [0.5, 0.6) is 0 Å². The van der Waals surface area contributed by atoms with E-state index in [1.165, 1.54) is 17.5 Å². The Morgan fingerprint density at radius 2 is 2.29 bits per heavy atom. The molecule has 0 spiro atoms. The highest BCUT2D eigenvalue weighted by Gasteiger charge is 2.23. The molecule has 1 aliphatic heterocycles. The lowest BCUT2D eigenvalue weighted by atomic mass is 10.2. The zero-order valence-corrected chi connectivity index (χ0v) is 13.7. The summed E-state index contributed by atoms with van der Waals surface area (Å²) in [6, 6.07) is 0.522. The Bertz CT molecular complexity index is 517. The first kappa shape index (κ1) is 16.3. The summed E-state index contributed by atoms with van der Waals surface area (Å²) in [6.07, 6.45) is 6.07. The number of aromatic nitrogens is 2. The molecule has 0 bridgehead atoms. The van der Waals surface area contributed by atoms with Crippen molar-refractivity contribution >= 4 is 17.3 Å². The summed E-state index contributed by atoms with van der Waals surface area (Å²) < 4.78 is 1.45. The molecule has 1 aromatic rings. The van der Waals surface area contributed by atoms with Crippen LogP contribution in [0.15, 0.2) is 11.0 Å². The van der Waals surface area contributed by atoms with Crippen LogP contribution in [0.3, 0.4) is 0 Å². The zero-order chi connectivity index (χ0) is 15.2. The molecular weight excluding hydrogens is 288 g/mol. The summed E-state index contributed by atoms with van der Waals surface area (Å²) in [4.78, 5) is 14.6. The first-order valence-corrected chi connectivity index (χ1v) is 8.28. The molecular formula is C15H25ClN4O. The molecule has 1 N–H and O–H groups in total. The minimum absolute atomic E-state index is 0.200. The van der Waals surface area contributed by atoms with Crippen molar-refractivity contribution in [3.8, 4) is 0 Å². The smallest absolute Gasteiger partial charge is 0.287 e. The number of halogens is 1. The maximum absolute atomic E-state index is 12.1. The van der Waals surface area contributed by atoms with E-state index in [4.69, 9.17) is 11.6 Å². The van der Waals surface area contributed by atoms with E-state index in [0.29, 0.717) is 18.3 Å². The van der Waals surface area contributed by atoms with Gasteiger partial charge >= 0.3 is 0 Å². The normalized spacial score (nSPS) is 19.1. The van der Waals surface area contributed by atoms with E-state index in [1.54, 1.807) is 6.20 Å². The van der Waals surface area contributed by atoms with Crippen LogP contribution in [-0.4, -0.2) is 40.4 Å². The molecule has 6 heteroatoms. The lowest BCUT2D eigenvalue weighted by molar-refractivity contribution is 0.277. The number of unbranched alkanes of at least 4 members (excludes halogenated alkanes) is 1. The van der Waals surface area contributed by atoms with E-state index in [2.05, 4.69) is 29.2 Å². The highest BCUT2D eigenvalue weighted by molar-refractivity contribution is 6.32. The van der Waals surface area contributed by atoms with Crippen LogP contribution >= 0.6 is 11.6 Å². The second-order valence-electron chi connectivity index (χ2n) is 5.56. The molecule has 0 radical (unpaired) electrons. The molecule has 0 saturated carbocycles. The van der Waals surface area contributed by atoms with Crippen molar-refractivity contribution in [1.29, 1.82) is 0 Å². The van der Waals surface area contributed by atoms with Gasteiger partial charge in [0.2, 0.25) is 0 Å². The van der Waals surface area contributed by atoms with Gasteiger partial charge in [-0.15, -0.1) is 0 Å². The molecule has 5 nitrogen and oxygen atoms in total. The SMILES string of the molecule is CCCCn1ncc(NCC2CCCN2CC)c(Cl)c1=O. The van der Waals surface area contributed by atoms with E-state index in [9.17, 15) is 4.79 Å². The van der Waals surface area contributed by atoms with E-state index in [1.807, 2.05) is 0 Å². The summed E-state index contributed by atoms with van der Waals surface area (Å²) in [7, 11) is 0. The van der Waals surface area contributed by atoms with Gasteiger partial charge < -0.3 is 5.32 Å². The maximum Gasteiger partial charge on any atom is 0.287 e. The first-order chi connectivity index (χ1) is 10.2. The van der Waals surface area contributed by atoms with Gasteiger partial charge in [0.15, 0.2) is 0 Å². The Morgan fingerprint density at radius 3 is 3.00 bits per heavy atom. The van der Waals surface area contributed by atoms with Crippen molar-refractivity contribution in [3.05, 3.63) is 21.6 Å². The Balaban J connectivity index is 2.00. The number of nitrogens with one attached hydrogen (secondary N) is 1. The third kappa shape index (κ3) is 3.98. The molecule has 21 heavy (non-hydrogen) atoms. The topological polar surface area (TPSA) is 50.2 Å². The second-order valence-corrected chi connectivity index (χ2v) is 5.94. The Kier molecular flexibility index (Phi) is 6.06. The lowest BCUT2D eigenvalue weighted by Crippen LogP contribution is -2.35. The fourth-order valence-electron chi connectivity index (χ4n) is 2.83. The highest BCUT2D eigenvalue weighted by Crippen LogP contribution is 2.20. The van der Waals surface area contributed by atoms with Gasteiger partial charge in [0, 0.05) is 19.1 Å². The van der Waals surface area contributed by atoms with Gasteiger partial charge in [-0.3, -0.25) is 9.69 Å². The molecule has 1 aliphatic rings. The Morgan fingerprint density at radius 1 is 1.48 bits per heavy atom. The van der Waals surface area contributed by atoms with Crippen LogP contribution in [-0.2, 0) is 6.54 Å². The predicted octanol–water partition coefficient (Wildman–Crippen LogP) is 2.59. The lowest BCUT2D eigenvalue weighted by Gasteiger charge is -2.23. The molecule has 1 aromatic heterocycles. The number of nitrogens with zero attached hydrogens (tertiary/aromatic N) is 3. The minimum atomic E-state index is -0.200. The van der Waals surface area contributed by atoms with Crippen molar-refractivity contribution in [2.75, 3.05) is 25.0 Å². The molecule has 1 unspecified atom stereocenters. The number of likely N-dealkylation sites (N-methyl/N-ethyl adjacent to an activating group) is 1.